The Kier molecular flexibility index (Phi) is 2.98. The topological polar surface area (TPSA) is 94.8 Å². The van der Waals surface area contributed by atoms with Crippen LogP contribution in [-0.4, -0.2) is 21.9 Å². The van der Waals surface area contributed by atoms with Gasteiger partial charge in [-0.3, -0.25) is 14.6 Å². The molecule has 1 heterocycles. The molecule has 1 aromatic heterocycles. The van der Waals surface area contributed by atoms with Crippen molar-refractivity contribution in [3.05, 3.63) is 56.9 Å². The summed E-state index contributed by atoms with van der Waals surface area (Å²) >= 11 is 0. The summed E-state index contributed by atoms with van der Waals surface area (Å²) in [7, 11) is 0. The van der Waals surface area contributed by atoms with E-state index in [0.29, 0.717) is 16.7 Å². The highest BCUT2D eigenvalue weighted by Gasteiger charge is 2.23. The van der Waals surface area contributed by atoms with Crippen molar-refractivity contribution in [2.75, 3.05) is 0 Å². The zero-order valence-electron chi connectivity index (χ0n) is 10.6. The smallest absolute Gasteiger partial charge is 0.325 e. The van der Waals surface area contributed by atoms with Crippen molar-refractivity contribution in [3.63, 3.8) is 0 Å². The summed E-state index contributed by atoms with van der Waals surface area (Å²) in [5.74, 6) is -0.143. The van der Waals surface area contributed by atoms with Gasteiger partial charge in [0, 0.05) is 17.8 Å². The average Bonchev–Trinajstić information content (AvgIpc) is 3.23. The molecule has 2 aromatic rings. The normalized spacial score (nSPS) is 14.0. The van der Waals surface area contributed by atoms with E-state index in [2.05, 4.69) is 15.3 Å². The fourth-order valence-electron chi connectivity index (χ4n) is 1.95. The van der Waals surface area contributed by atoms with Crippen molar-refractivity contribution in [1.29, 1.82) is 0 Å². The molecule has 1 fully saturated rings. The minimum Gasteiger partial charge on any atom is -0.349 e. The van der Waals surface area contributed by atoms with Crippen molar-refractivity contribution in [2.24, 2.45) is 0 Å². The van der Waals surface area contributed by atoms with Crippen LogP contribution in [0.1, 0.15) is 23.2 Å². The Morgan fingerprint density at radius 1 is 1.25 bits per heavy atom. The van der Waals surface area contributed by atoms with Gasteiger partial charge in [-0.05, 0) is 30.5 Å². The molecule has 20 heavy (non-hydrogen) atoms. The molecule has 0 spiro atoms. The lowest BCUT2D eigenvalue weighted by Crippen LogP contribution is -2.25. The van der Waals surface area contributed by atoms with Gasteiger partial charge in [-0.25, -0.2) is 4.79 Å². The van der Waals surface area contributed by atoms with Crippen LogP contribution in [0, 0.1) is 0 Å². The lowest BCUT2D eigenvalue weighted by atomic mass is 10.1. The van der Waals surface area contributed by atoms with Crippen LogP contribution in [0.3, 0.4) is 0 Å². The van der Waals surface area contributed by atoms with Crippen molar-refractivity contribution in [3.8, 4) is 11.1 Å². The molecule has 3 rings (SSSR count). The molecule has 0 aliphatic heterocycles. The summed E-state index contributed by atoms with van der Waals surface area (Å²) in [6.45, 7) is 0. The lowest BCUT2D eigenvalue weighted by Gasteiger charge is -2.05. The molecule has 3 N–H and O–H groups in total. The van der Waals surface area contributed by atoms with Crippen LogP contribution >= 0.6 is 0 Å². The molecule has 1 saturated carbocycles. The van der Waals surface area contributed by atoms with Gasteiger partial charge in [-0.1, -0.05) is 12.1 Å². The molecule has 1 aromatic carbocycles. The Balaban J connectivity index is 1.95. The van der Waals surface area contributed by atoms with Gasteiger partial charge in [0.1, 0.15) is 0 Å². The minimum absolute atomic E-state index is 0.143. The Bertz CT molecular complexity index is 771. The van der Waals surface area contributed by atoms with Crippen molar-refractivity contribution >= 4 is 5.91 Å². The minimum atomic E-state index is -0.554. The van der Waals surface area contributed by atoms with Gasteiger partial charge >= 0.3 is 5.69 Å². The number of rotatable bonds is 3. The summed E-state index contributed by atoms with van der Waals surface area (Å²) in [6.07, 6.45) is 3.38. The second-order valence-electron chi connectivity index (χ2n) is 4.81. The molecule has 1 aliphatic rings. The van der Waals surface area contributed by atoms with E-state index in [1.165, 1.54) is 6.20 Å². The summed E-state index contributed by atoms with van der Waals surface area (Å²) in [4.78, 5) is 39.3. The molecule has 0 unspecified atom stereocenters. The molecule has 0 atom stereocenters. The summed E-state index contributed by atoms with van der Waals surface area (Å²) in [6, 6.07) is 7.04. The molecule has 1 amide bonds. The number of hydrogen-bond acceptors (Lipinski definition) is 3. The number of H-pyrrole nitrogens is 2. The summed E-state index contributed by atoms with van der Waals surface area (Å²) < 4.78 is 0. The summed E-state index contributed by atoms with van der Waals surface area (Å²) in [5.41, 5.74) is 0.381. The van der Waals surface area contributed by atoms with E-state index in [9.17, 15) is 14.4 Å². The first kappa shape index (κ1) is 12.4. The Labute approximate surface area is 113 Å². The Hall–Kier alpha value is -2.63. The Morgan fingerprint density at radius 2 is 2.05 bits per heavy atom. The van der Waals surface area contributed by atoms with Crippen LogP contribution in [0.25, 0.3) is 11.1 Å². The third-order valence-corrected chi connectivity index (χ3v) is 3.17. The predicted octanol–water partition coefficient (Wildman–Crippen LogP) is 0.622. The first-order valence-electron chi connectivity index (χ1n) is 6.37. The largest absolute Gasteiger partial charge is 0.349 e. The fourth-order valence-corrected chi connectivity index (χ4v) is 1.95. The van der Waals surface area contributed by atoms with E-state index < -0.39 is 11.2 Å². The third-order valence-electron chi connectivity index (χ3n) is 3.17. The van der Waals surface area contributed by atoms with Gasteiger partial charge in [0.25, 0.3) is 11.5 Å². The van der Waals surface area contributed by atoms with Gasteiger partial charge < -0.3 is 10.3 Å². The zero-order chi connectivity index (χ0) is 14.1. The molecule has 0 saturated heterocycles. The van der Waals surface area contributed by atoms with Crippen molar-refractivity contribution in [2.45, 2.75) is 18.9 Å². The monoisotopic (exact) mass is 271 g/mol. The third kappa shape index (κ3) is 2.54. The average molecular weight is 271 g/mol. The molecule has 6 nitrogen and oxygen atoms in total. The van der Waals surface area contributed by atoms with E-state index in [1.54, 1.807) is 24.3 Å². The Morgan fingerprint density at radius 3 is 2.75 bits per heavy atom. The van der Waals surface area contributed by atoms with Gasteiger partial charge in [0.2, 0.25) is 0 Å². The van der Waals surface area contributed by atoms with E-state index in [1.807, 2.05) is 0 Å². The van der Waals surface area contributed by atoms with Crippen LogP contribution in [0.5, 0.6) is 0 Å². The maximum absolute atomic E-state index is 12.0. The first-order valence-corrected chi connectivity index (χ1v) is 6.37. The number of amides is 1. The second-order valence-corrected chi connectivity index (χ2v) is 4.81. The van der Waals surface area contributed by atoms with Crippen LogP contribution in [0.4, 0.5) is 0 Å². The number of hydrogen-bond donors (Lipinski definition) is 3. The number of carbonyl (C=O) groups is 1. The van der Waals surface area contributed by atoms with Crippen molar-refractivity contribution < 1.29 is 4.79 Å². The molecule has 6 heteroatoms. The van der Waals surface area contributed by atoms with E-state index >= 15 is 0 Å². The molecule has 1 aliphatic carbocycles. The number of carbonyl (C=O) groups excluding carboxylic acids is 1. The van der Waals surface area contributed by atoms with Crippen LogP contribution in [0.15, 0.2) is 40.1 Å². The first-order chi connectivity index (χ1) is 9.63. The van der Waals surface area contributed by atoms with Crippen molar-refractivity contribution in [1.82, 2.24) is 15.3 Å². The quantitative estimate of drug-likeness (QED) is 0.763. The van der Waals surface area contributed by atoms with Crippen LogP contribution in [-0.2, 0) is 0 Å². The highest BCUT2D eigenvalue weighted by molar-refractivity contribution is 5.95. The fraction of sp³-hybridized carbons (Fsp3) is 0.214. The predicted molar refractivity (Wildman–Crippen MR) is 73.6 cm³/mol. The summed E-state index contributed by atoms with van der Waals surface area (Å²) in [5, 5.41) is 2.89. The van der Waals surface area contributed by atoms with Crippen LogP contribution in [0.2, 0.25) is 0 Å². The van der Waals surface area contributed by atoms with E-state index in [-0.39, 0.29) is 11.9 Å². The standard InChI is InChI=1S/C14H13N3O3/c18-12(16-10-4-5-10)9-3-1-2-8(6-9)11-7-15-14(20)17-13(11)19/h1-3,6-7,10H,4-5H2,(H,16,18)(H2,15,17,19,20). The zero-order valence-corrected chi connectivity index (χ0v) is 10.6. The van der Waals surface area contributed by atoms with Gasteiger partial charge in [0.15, 0.2) is 0 Å². The molecule has 102 valence electrons. The second kappa shape index (κ2) is 4.80. The number of nitrogens with one attached hydrogen (secondary N) is 3. The van der Waals surface area contributed by atoms with E-state index in [0.717, 1.165) is 12.8 Å². The highest BCUT2D eigenvalue weighted by atomic mass is 16.2. The molecular weight excluding hydrogens is 258 g/mol. The number of benzene rings is 1. The van der Waals surface area contributed by atoms with Gasteiger partial charge in [-0.15, -0.1) is 0 Å². The number of aromatic amines is 2. The molecule has 0 bridgehead atoms. The highest BCUT2D eigenvalue weighted by Crippen LogP contribution is 2.20. The molecular formula is C14H13N3O3. The van der Waals surface area contributed by atoms with Crippen LogP contribution < -0.4 is 16.6 Å². The van der Waals surface area contributed by atoms with Gasteiger partial charge in [0.05, 0.1) is 5.56 Å². The molecule has 0 radical (unpaired) electrons. The lowest BCUT2D eigenvalue weighted by molar-refractivity contribution is 0.0951. The SMILES string of the molecule is O=C(NC1CC1)c1cccc(-c2c[nH]c(=O)[nH]c2=O)c1. The number of aromatic nitrogens is 2. The maximum atomic E-state index is 12.0. The maximum Gasteiger partial charge on any atom is 0.325 e. The van der Waals surface area contributed by atoms with Gasteiger partial charge in [-0.2, -0.15) is 0 Å². The van der Waals surface area contributed by atoms with E-state index in [4.69, 9.17) is 0 Å².